The highest BCUT2D eigenvalue weighted by Gasteiger charge is 2.09. The normalized spacial score (nSPS) is 24.5. The van der Waals surface area contributed by atoms with Gasteiger partial charge in [0.2, 0.25) is 0 Å². The molecular formula is C9H19NO. The van der Waals surface area contributed by atoms with Crippen molar-refractivity contribution in [2.45, 2.75) is 38.7 Å². The molecule has 1 heterocycles. The molecule has 66 valence electrons. The average molecular weight is 157 g/mol. The second-order valence-electron chi connectivity index (χ2n) is 3.56. The third-order valence-electron chi connectivity index (χ3n) is 2.22. The molecule has 0 amide bonds. The van der Waals surface area contributed by atoms with Crippen LogP contribution in [0.15, 0.2) is 0 Å². The summed E-state index contributed by atoms with van der Waals surface area (Å²) < 4.78 is 0. The molecule has 0 unspecified atom stereocenters. The lowest BCUT2D eigenvalue weighted by molar-refractivity contribution is 0.129. The van der Waals surface area contributed by atoms with Crippen molar-refractivity contribution in [1.29, 1.82) is 0 Å². The largest absolute Gasteiger partial charge is 0.392 e. The Balaban J connectivity index is 2.20. The van der Waals surface area contributed by atoms with Crippen LogP contribution in [0.1, 0.15) is 32.6 Å². The van der Waals surface area contributed by atoms with E-state index in [1.807, 2.05) is 6.92 Å². The van der Waals surface area contributed by atoms with Crippen LogP contribution in [-0.2, 0) is 0 Å². The molecule has 2 nitrogen and oxygen atoms in total. The van der Waals surface area contributed by atoms with Crippen LogP contribution in [0.25, 0.3) is 0 Å². The standard InChI is InChI=1S/C9H19NO/c1-9(11)8-10-6-4-2-3-5-7-10/h9,11H,2-8H2,1H3/t9-/m0/s1. The minimum Gasteiger partial charge on any atom is -0.392 e. The monoisotopic (exact) mass is 157 g/mol. The lowest BCUT2D eigenvalue weighted by Crippen LogP contribution is -2.31. The number of hydrogen-bond donors (Lipinski definition) is 1. The molecule has 1 fully saturated rings. The number of β-amino-alcohol motifs (C(OH)–C–C–N with tert-alkyl or cyclic N) is 1. The Hall–Kier alpha value is -0.0800. The fourth-order valence-electron chi connectivity index (χ4n) is 1.69. The minimum atomic E-state index is -0.159. The van der Waals surface area contributed by atoms with E-state index in [9.17, 15) is 0 Å². The molecule has 1 N–H and O–H groups in total. The summed E-state index contributed by atoms with van der Waals surface area (Å²) in [6, 6.07) is 0. The maximum Gasteiger partial charge on any atom is 0.0639 e. The van der Waals surface area contributed by atoms with Gasteiger partial charge < -0.3 is 10.0 Å². The predicted molar refractivity (Wildman–Crippen MR) is 46.6 cm³/mol. The summed E-state index contributed by atoms with van der Waals surface area (Å²) in [4.78, 5) is 2.37. The second-order valence-corrected chi connectivity index (χ2v) is 3.56. The lowest BCUT2D eigenvalue weighted by Gasteiger charge is -2.20. The number of aliphatic hydroxyl groups is 1. The zero-order valence-corrected chi connectivity index (χ0v) is 7.42. The van der Waals surface area contributed by atoms with E-state index in [2.05, 4.69) is 4.90 Å². The van der Waals surface area contributed by atoms with Gasteiger partial charge in [0.05, 0.1) is 6.10 Å². The van der Waals surface area contributed by atoms with Crippen LogP contribution in [0, 0.1) is 0 Å². The average Bonchev–Trinajstić information content (AvgIpc) is 2.14. The zero-order valence-electron chi connectivity index (χ0n) is 7.42. The van der Waals surface area contributed by atoms with Crippen molar-refractivity contribution in [3.05, 3.63) is 0 Å². The molecule has 1 aliphatic heterocycles. The van der Waals surface area contributed by atoms with Crippen molar-refractivity contribution in [3.8, 4) is 0 Å². The number of nitrogens with zero attached hydrogens (tertiary/aromatic N) is 1. The number of rotatable bonds is 2. The van der Waals surface area contributed by atoms with Gasteiger partial charge in [0.1, 0.15) is 0 Å². The maximum atomic E-state index is 9.15. The van der Waals surface area contributed by atoms with Crippen molar-refractivity contribution < 1.29 is 5.11 Å². The molecule has 0 aromatic carbocycles. The SMILES string of the molecule is C[C@H](O)CN1CCCCCC1. The van der Waals surface area contributed by atoms with Gasteiger partial charge in [-0.15, -0.1) is 0 Å². The summed E-state index contributed by atoms with van der Waals surface area (Å²) in [7, 11) is 0. The molecule has 1 rings (SSSR count). The van der Waals surface area contributed by atoms with Gasteiger partial charge in [-0.25, -0.2) is 0 Å². The Morgan fingerprint density at radius 3 is 2.18 bits per heavy atom. The number of likely N-dealkylation sites (tertiary alicyclic amines) is 1. The first-order valence-corrected chi connectivity index (χ1v) is 4.69. The first-order valence-electron chi connectivity index (χ1n) is 4.69. The van der Waals surface area contributed by atoms with E-state index in [0.29, 0.717) is 0 Å². The Kier molecular flexibility index (Phi) is 3.87. The molecule has 1 atom stereocenters. The second kappa shape index (κ2) is 4.73. The van der Waals surface area contributed by atoms with Gasteiger partial charge in [-0.3, -0.25) is 0 Å². The van der Waals surface area contributed by atoms with Crippen LogP contribution in [-0.4, -0.2) is 35.7 Å². The Labute approximate surface area is 69.2 Å². The molecule has 2 heteroatoms. The molecular weight excluding hydrogens is 138 g/mol. The van der Waals surface area contributed by atoms with Crippen LogP contribution in [0.2, 0.25) is 0 Å². The van der Waals surface area contributed by atoms with Gasteiger partial charge >= 0.3 is 0 Å². The van der Waals surface area contributed by atoms with Gasteiger partial charge in [0, 0.05) is 6.54 Å². The molecule has 1 aliphatic rings. The van der Waals surface area contributed by atoms with Gasteiger partial charge in [0.25, 0.3) is 0 Å². The highest BCUT2D eigenvalue weighted by atomic mass is 16.3. The van der Waals surface area contributed by atoms with Gasteiger partial charge in [0.15, 0.2) is 0 Å². The maximum absolute atomic E-state index is 9.15. The highest BCUT2D eigenvalue weighted by Crippen LogP contribution is 2.09. The van der Waals surface area contributed by atoms with Crippen molar-refractivity contribution in [3.63, 3.8) is 0 Å². The molecule has 0 radical (unpaired) electrons. The van der Waals surface area contributed by atoms with Crippen LogP contribution in [0.3, 0.4) is 0 Å². The summed E-state index contributed by atoms with van der Waals surface area (Å²) in [5.74, 6) is 0. The van der Waals surface area contributed by atoms with Crippen LogP contribution in [0.5, 0.6) is 0 Å². The molecule has 0 saturated carbocycles. The van der Waals surface area contributed by atoms with Crippen LogP contribution < -0.4 is 0 Å². The molecule has 0 spiro atoms. The predicted octanol–water partition coefficient (Wildman–Crippen LogP) is 1.24. The summed E-state index contributed by atoms with van der Waals surface area (Å²) >= 11 is 0. The summed E-state index contributed by atoms with van der Waals surface area (Å²) in [6.07, 6.45) is 5.21. The summed E-state index contributed by atoms with van der Waals surface area (Å²) in [5.41, 5.74) is 0. The van der Waals surface area contributed by atoms with E-state index in [0.717, 1.165) is 6.54 Å². The van der Waals surface area contributed by atoms with Gasteiger partial charge in [-0.1, -0.05) is 12.8 Å². The summed E-state index contributed by atoms with van der Waals surface area (Å²) in [6.45, 7) is 5.10. The first-order chi connectivity index (χ1) is 5.29. The Morgan fingerprint density at radius 1 is 1.18 bits per heavy atom. The molecule has 0 bridgehead atoms. The fourth-order valence-corrected chi connectivity index (χ4v) is 1.69. The van der Waals surface area contributed by atoms with Crippen molar-refractivity contribution >= 4 is 0 Å². The van der Waals surface area contributed by atoms with E-state index in [1.54, 1.807) is 0 Å². The first kappa shape index (κ1) is 9.01. The van der Waals surface area contributed by atoms with Crippen LogP contribution in [0.4, 0.5) is 0 Å². The van der Waals surface area contributed by atoms with E-state index in [4.69, 9.17) is 5.11 Å². The number of hydrogen-bond acceptors (Lipinski definition) is 2. The molecule has 11 heavy (non-hydrogen) atoms. The van der Waals surface area contributed by atoms with E-state index in [1.165, 1.54) is 38.8 Å². The third kappa shape index (κ3) is 3.73. The summed E-state index contributed by atoms with van der Waals surface area (Å²) in [5, 5.41) is 9.15. The van der Waals surface area contributed by atoms with E-state index in [-0.39, 0.29) is 6.10 Å². The minimum absolute atomic E-state index is 0.159. The van der Waals surface area contributed by atoms with Gasteiger partial charge in [-0.2, -0.15) is 0 Å². The third-order valence-corrected chi connectivity index (χ3v) is 2.22. The Bertz CT molecular complexity index is 95.7. The molecule has 1 saturated heterocycles. The Morgan fingerprint density at radius 2 is 1.73 bits per heavy atom. The molecule has 0 aliphatic carbocycles. The highest BCUT2D eigenvalue weighted by molar-refractivity contribution is 4.65. The molecule has 0 aromatic heterocycles. The van der Waals surface area contributed by atoms with Crippen molar-refractivity contribution in [2.75, 3.05) is 19.6 Å². The van der Waals surface area contributed by atoms with Crippen molar-refractivity contribution in [2.24, 2.45) is 0 Å². The quantitative estimate of drug-likeness (QED) is 0.652. The van der Waals surface area contributed by atoms with Gasteiger partial charge in [-0.05, 0) is 32.9 Å². The van der Waals surface area contributed by atoms with Crippen LogP contribution >= 0.6 is 0 Å². The topological polar surface area (TPSA) is 23.5 Å². The zero-order chi connectivity index (χ0) is 8.10. The van der Waals surface area contributed by atoms with Crippen molar-refractivity contribution in [1.82, 2.24) is 4.90 Å². The molecule has 0 aromatic rings. The van der Waals surface area contributed by atoms with E-state index >= 15 is 0 Å². The fraction of sp³-hybridized carbons (Fsp3) is 1.00. The number of aliphatic hydroxyl groups excluding tert-OH is 1. The van der Waals surface area contributed by atoms with E-state index < -0.39 is 0 Å². The lowest BCUT2D eigenvalue weighted by atomic mass is 10.2. The smallest absolute Gasteiger partial charge is 0.0639 e.